The van der Waals surface area contributed by atoms with Gasteiger partial charge in [0.15, 0.2) is 5.69 Å². The summed E-state index contributed by atoms with van der Waals surface area (Å²) in [5.74, 6) is -1.95. The summed E-state index contributed by atoms with van der Waals surface area (Å²) in [6.45, 7) is 1.96. The quantitative estimate of drug-likeness (QED) is 0.338. The molecule has 0 fully saturated rings. The second kappa shape index (κ2) is 10.1. The van der Waals surface area contributed by atoms with Crippen LogP contribution < -0.4 is 4.90 Å². The van der Waals surface area contributed by atoms with Crippen LogP contribution in [0.1, 0.15) is 42.3 Å². The molecule has 0 bridgehead atoms. The number of amides is 1. The number of aryl methyl sites for hydroxylation is 1. The summed E-state index contributed by atoms with van der Waals surface area (Å²) in [5, 5.41) is 0. The summed E-state index contributed by atoms with van der Waals surface area (Å²) in [6, 6.07) is 25.4. The predicted octanol–water partition coefficient (Wildman–Crippen LogP) is 5.37. The largest absolute Gasteiger partial charge is 0.465 e. The second-order valence-electron chi connectivity index (χ2n) is 8.53. The molecule has 0 aliphatic carbocycles. The Kier molecular flexibility index (Phi) is 6.53. The van der Waals surface area contributed by atoms with Crippen LogP contribution in [0.5, 0.6) is 0 Å². The van der Waals surface area contributed by atoms with Crippen molar-refractivity contribution < 1.29 is 23.9 Å². The number of aliphatic imine (C=N–C) groups is 1. The highest BCUT2D eigenvalue weighted by molar-refractivity contribution is 6.40. The first-order valence-electron chi connectivity index (χ1n) is 11.8. The van der Waals surface area contributed by atoms with Crippen LogP contribution in [0, 0.1) is 6.92 Å². The minimum Gasteiger partial charge on any atom is -0.465 e. The highest BCUT2D eigenvalue weighted by Gasteiger charge is 2.44. The van der Waals surface area contributed by atoms with Gasteiger partial charge in [0.05, 0.1) is 36.9 Å². The first kappa shape index (κ1) is 24.6. The average molecular weight is 506 g/mol. The molecule has 8 heteroatoms. The van der Waals surface area contributed by atoms with Crippen LogP contribution in [0.3, 0.4) is 0 Å². The monoisotopic (exact) mass is 505 g/mol. The van der Waals surface area contributed by atoms with Crippen LogP contribution in [-0.4, -0.2) is 42.9 Å². The van der Waals surface area contributed by atoms with Crippen LogP contribution >= 0.6 is 0 Å². The van der Waals surface area contributed by atoms with Gasteiger partial charge in [0.25, 0.3) is 5.91 Å². The van der Waals surface area contributed by atoms with Gasteiger partial charge in [0, 0.05) is 11.1 Å². The van der Waals surface area contributed by atoms with E-state index in [0.717, 1.165) is 5.56 Å². The summed E-state index contributed by atoms with van der Waals surface area (Å²) in [6.07, 6.45) is 0. The van der Waals surface area contributed by atoms with Gasteiger partial charge in [-0.15, -0.1) is 0 Å². The molecule has 1 aromatic heterocycles. The molecule has 1 aliphatic rings. The minimum absolute atomic E-state index is 0.138. The lowest BCUT2D eigenvalue weighted by Crippen LogP contribution is -2.30. The van der Waals surface area contributed by atoms with Gasteiger partial charge < -0.3 is 9.47 Å². The molecule has 2 heterocycles. The van der Waals surface area contributed by atoms with E-state index in [2.05, 4.69) is 4.98 Å². The lowest BCUT2D eigenvalue weighted by Gasteiger charge is -2.18. The SMILES string of the molecule is COC(=O)c1nc(-c2ccccc2)c2c(c1C(=O)OC)C(=Nc1ccc(C)cc1)N(c1ccccc1)C2=O. The first-order chi connectivity index (χ1) is 18.4. The fraction of sp³-hybridized carbons (Fsp3) is 0.100. The normalized spacial score (nSPS) is 13.4. The van der Waals surface area contributed by atoms with E-state index in [0.29, 0.717) is 16.9 Å². The third kappa shape index (κ3) is 4.22. The van der Waals surface area contributed by atoms with Crippen molar-refractivity contribution in [3.8, 4) is 11.3 Å². The molecule has 0 radical (unpaired) electrons. The van der Waals surface area contributed by atoms with Crippen LogP contribution in [-0.2, 0) is 9.47 Å². The summed E-state index contributed by atoms with van der Waals surface area (Å²) in [4.78, 5) is 51.1. The molecular formula is C30H23N3O5. The van der Waals surface area contributed by atoms with E-state index >= 15 is 0 Å². The van der Waals surface area contributed by atoms with Crippen LogP contribution in [0.4, 0.5) is 11.4 Å². The summed E-state index contributed by atoms with van der Waals surface area (Å²) >= 11 is 0. The molecule has 1 aliphatic heterocycles. The lowest BCUT2D eigenvalue weighted by molar-refractivity contribution is 0.0549. The average Bonchev–Trinajstić information content (AvgIpc) is 3.24. The van der Waals surface area contributed by atoms with Crippen LogP contribution in [0.25, 0.3) is 11.3 Å². The summed E-state index contributed by atoms with van der Waals surface area (Å²) in [7, 11) is 2.40. The zero-order chi connectivity index (χ0) is 26.8. The number of rotatable bonds is 5. The number of methoxy groups -OCH3 is 2. The fourth-order valence-corrected chi connectivity index (χ4v) is 4.35. The van der Waals surface area contributed by atoms with Gasteiger partial charge in [-0.05, 0) is 31.2 Å². The zero-order valence-corrected chi connectivity index (χ0v) is 21.0. The van der Waals surface area contributed by atoms with E-state index < -0.39 is 17.8 Å². The zero-order valence-electron chi connectivity index (χ0n) is 21.0. The molecule has 38 heavy (non-hydrogen) atoms. The fourth-order valence-electron chi connectivity index (χ4n) is 4.35. The molecule has 4 aromatic rings. The van der Waals surface area contributed by atoms with Crippen LogP contribution in [0.15, 0.2) is 89.9 Å². The maximum Gasteiger partial charge on any atom is 0.357 e. The number of carbonyl (C=O) groups is 3. The van der Waals surface area contributed by atoms with E-state index in [1.807, 2.05) is 43.3 Å². The van der Waals surface area contributed by atoms with Crippen LogP contribution in [0.2, 0.25) is 0 Å². The van der Waals surface area contributed by atoms with Gasteiger partial charge in [-0.3, -0.25) is 9.69 Å². The van der Waals surface area contributed by atoms with Crippen molar-refractivity contribution in [3.05, 3.63) is 113 Å². The lowest BCUT2D eigenvalue weighted by atomic mass is 9.96. The van der Waals surface area contributed by atoms with Crippen molar-refractivity contribution in [1.82, 2.24) is 4.98 Å². The summed E-state index contributed by atoms with van der Waals surface area (Å²) in [5.41, 5.74) is 2.78. The maximum absolute atomic E-state index is 14.2. The Bertz CT molecular complexity index is 1580. The molecule has 8 nitrogen and oxygen atoms in total. The Balaban J connectivity index is 1.93. The Labute approximate surface area is 219 Å². The number of anilines is 1. The molecule has 188 valence electrons. The molecule has 5 rings (SSSR count). The Morgan fingerprint density at radius 2 is 1.39 bits per heavy atom. The number of esters is 2. The number of aromatic nitrogens is 1. The molecular weight excluding hydrogens is 482 g/mol. The molecule has 0 saturated heterocycles. The smallest absolute Gasteiger partial charge is 0.357 e. The van der Waals surface area contributed by atoms with E-state index in [1.54, 1.807) is 48.5 Å². The topological polar surface area (TPSA) is 98.2 Å². The Morgan fingerprint density at radius 3 is 2.00 bits per heavy atom. The number of hydrogen-bond donors (Lipinski definition) is 0. The first-order valence-corrected chi connectivity index (χ1v) is 11.8. The van der Waals surface area contributed by atoms with Gasteiger partial charge in [-0.1, -0.05) is 66.2 Å². The number of ether oxygens (including phenoxy) is 2. The molecule has 0 spiro atoms. The minimum atomic E-state index is -0.842. The number of amidine groups is 1. The number of pyridine rings is 1. The molecule has 0 atom stereocenters. The van der Waals surface area contributed by atoms with Gasteiger partial charge >= 0.3 is 11.9 Å². The van der Waals surface area contributed by atoms with Crippen molar-refractivity contribution in [2.45, 2.75) is 6.92 Å². The standard InChI is InChI=1S/C30H23N3O5/c1-18-14-16-20(17-15-18)31-27-22-23(28(34)33(27)21-12-8-5-9-13-21)25(19-10-6-4-7-11-19)32-26(30(36)38-3)24(22)29(35)37-2/h4-17H,1-3H3. The number of fused-ring (bicyclic) bond motifs is 1. The number of para-hydroxylation sites is 1. The molecule has 3 aromatic carbocycles. The van der Waals surface area contributed by atoms with Gasteiger partial charge in [0.1, 0.15) is 11.4 Å². The highest BCUT2D eigenvalue weighted by atomic mass is 16.5. The highest BCUT2D eigenvalue weighted by Crippen LogP contribution is 2.39. The van der Waals surface area contributed by atoms with Crippen molar-refractivity contribution in [2.24, 2.45) is 4.99 Å². The molecule has 0 unspecified atom stereocenters. The van der Waals surface area contributed by atoms with Crippen molar-refractivity contribution in [2.75, 3.05) is 19.1 Å². The van der Waals surface area contributed by atoms with E-state index in [1.165, 1.54) is 19.1 Å². The second-order valence-corrected chi connectivity index (χ2v) is 8.53. The van der Waals surface area contributed by atoms with Crippen molar-refractivity contribution >= 4 is 35.1 Å². The van der Waals surface area contributed by atoms with E-state index in [4.69, 9.17) is 14.5 Å². The van der Waals surface area contributed by atoms with Gasteiger partial charge in [-0.25, -0.2) is 19.6 Å². The third-order valence-electron chi connectivity index (χ3n) is 6.15. The van der Waals surface area contributed by atoms with E-state index in [9.17, 15) is 14.4 Å². The molecule has 0 N–H and O–H groups in total. The predicted molar refractivity (Wildman–Crippen MR) is 143 cm³/mol. The number of carbonyl (C=O) groups excluding carboxylic acids is 3. The van der Waals surface area contributed by atoms with E-state index in [-0.39, 0.29) is 33.9 Å². The van der Waals surface area contributed by atoms with Crippen molar-refractivity contribution in [3.63, 3.8) is 0 Å². The number of benzene rings is 3. The Hall–Kier alpha value is -5.11. The third-order valence-corrected chi connectivity index (χ3v) is 6.15. The molecule has 0 saturated carbocycles. The summed E-state index contributed by atoms with van der Waals surface area (Å²) < 4.78 is 10.0. The number of hydrogen-bond acceptors (Lipinski definition) is 7. The maximum atomic E-state index is 14.2. The van der Waals surface area contributed by atoms with Gasteiger partial charge in [-0.2, -0.15) is 0 Å². The number of nitrogens with zero attached hydrogens (tertiary/aromatic N) is 3. The Morgan fingerprint density at radius 1 is 0.789 bits per heavy atom. The molecule has 1 amide bonds. The van der Waals surface area contributed by atoms with Crippen molar-refractivity contribution in [1.29, 1.82) is 0 Å². The van der Waals surface area contributed by atoms with Gasteiger partial charge in [0.2, 0.25) is 0 Å².